The second-order valence-corrected chi connectivity index (χ2v) is 4.78. The molecule has 3 rings (SSSR count). The van der Waals surface area contributed by atoms with E-state index < -0.39 is 0 Å². The van der Waals surface area contributed by atoms with E-state index >= 15 is 0 Å². The van der Waals surface area contributed by atoms with Crippen LogP contribution in [-0.2, 0) is 6.42 Å². The van der Waals surface area contributed by atoms with Crippen LogP contribution in [0.3, 0.4) is 0 Å². The third-order valence-corrected chi connectivity index (χ3v) is 4.05. The van der Waals surface area contributed by atoms with Gasteiger partial charge in [-0.1, -0.05) is 24.3 Å². The monoisotopic (exact) mass is 187 g/mol. The Morgan fingerprint density at radius 1 is 1.21 bits per heavy atom. The molecule has 1 unspecified atom stereocenters. The van der Waals surface area contributed by atoms with Crippen LogP contribution >= 0.6 is 0 Å². The van der Waals surface area contributed by atoms with E-state index in [2.05, 4.69) is 36.6 Å². The van der Waals surface area contributed by atoms with Gasteiger partial charge in [0, 0.05) is 6.04 Å². The number of aryl methyl sites for hydroxylation is 1. The van der Waals surface area contributed by atoms with Gasteiger partial charge in [0.1, 0.15) is 0 Å². The van der Waals surface area contributed by atoms with Crippen molar-refractivity contribution in [2.24, 2.45) is 5.41 Å². The van der Waals surface area contributed by atoms with Gasteiger partial charge in [0.25, 0.3) is 0 Å². The summed E-state index contributed by atoms with van der Waals surface area (Å²) in [5.41, 5.74) is 3.74. The Hall–Kier alpha value is -0.820. The van der Waals surface area contributed by atoms with Crippen LogP contribution in [0, 0.1) is 5.41 Å². The molecule has 1 N–H and O–H groups in total. The Morgan fingerprint density at radius 3 is 2.71 bits per heavy atom. The maximum absolute atomic E-state index is 3.51. The van der Waals surface area contributed by atoms with Crippen LogP contribution in [0.15, 0.2) is 24.3 Å². The topological polar surface area (TPSA) is 12.0 Å². The first-order valence-corrected chi connectivity index (χ1v) is 5.61. The van der Waals surface area contributed by atoms with E-state index in [0.29, 0.717) is 11.5 Å². The van der Waals surface area contributed by atoms with E-state index in [-0.39, 0.29) is 0 Å². The minimum atomic E-state index is 0.618. The molecule has 2 aliphatic rings. The number of nitrogens with one attached hydrogen (secondary N) is 1. The van der Waals surface area contributed by atoms with Crippen molar-refractivity contribution in [1.29, 1.82) is 0 Å². The van der Waals surface area contributed by atoms with Gasteiger partial charge in [-0.25, -0.2) is 0 Å². The van der Waals surface area contributed by atoms with Crippen LogP contribution in [0.5, 0.6) is 0 Å². The fraction of sp³-hybridized carbons (Fsp3) is 0.538. The molecule has 14 heavy (non-hydrogen) atoms. The second kappa shape index (κ2) is 2.83. The predicted molar refractivity (Wildman–Crippen MR) is 58.2 cm³/mol. The molecule has 1 saturated carbocycles. The highest BCUT2D eigenvalue weighted by molar-refractivity contribution is 5.36. The van der Waals surface area contributed by atoms with Crippen LogP contribution in [0.1, 0.15) is 36.4 Å². The van der Waals surface area contributed by atoms with Gasteiger partial charge in [-0.15, -0.1) is 0 Å². The van der Waals surface area contributed by atoms with Crippen molar-refractivity contribution in [3.05, 3.63) is 35.4 Å². The van der Waals surface area contributed by atoms with Crippen molar-refractivity contribution in [2.75, 3.05) is 7.05 Å². The normalized spacial score (nSPS) is 27.4. The zero-order valence-electron chi connectivity index (χ0n) is 8.72. The van der Waals surface area contributed by atoms with Crippen molar-refractivity contribution in [3.63, 3.8) is 0 Å². The van der Waals surface area contributed by atoms with Crippen LogP contribution in [-0.4, -0.2) is 7.05 Å². The molecule has 2 aliphatic carbocycles. The number of rotatable bonds is 1. The third kappa shape index (κ3) is 1.05. The molecule has 1 aromatic rings. The molecule has 0 saturated heterocycles. The zero-order chi connectivity index (χ0) is 9.60. The van der Waals surface area contributed by atoms with E-state index in [1.54, 1.807) is 11.1 Å². The summed E-state index contributed by atoms with van der Waals surface area (Å²) >= 11 is 0. The van der Waals surface area contributed by atoms with E-state index in [1.165, 1.54) is 25.7 Å². The fourth-order valence-electron chi connectivity index (χ4n) is 3.06. The molecule has 0 heterocycles. The van der Waals surface area contributed by atoms with Gasteiger partial charge in [0.2, 0.25) is 0 Å². The third-order valence-electron chi connectivity index (χ3n) is 4.05. The molecule has 1 spiro atoms. The molecule has 0 amide bonds. The van der Waals surface area contributed by atoms with Crippen molar-refractivity contribution < 1.29 is 0 Å². The molecule has 74 valence electrons. The van der Waals surface area contributed by atoms with Crippen LogP contribution < -0.4 is 5.32 Å². The molecule has 1 atom stereocenters. The van der Waals surface area contributed by atoms with Crippen LogP contribution in [0.2, 0.25) is 0 Å². The SMILES string of the molecule is CNC1c2ccccc2CCC12CC2. The summed E-state index contributed by atoms with van der Waals surface area (Å²) in [4.78, 5) is 0. The van der Waals surface area contributed by atoms with Crippen molar-refractivity contribution in [2.45, 2.75) is 31.7 Å². The molecule has 1 fully saturated rings. The lowest BCUT2D eigenvalue weighted by Gasteiger charge is -2.33. The Kier molecular flexibility index (Phi) is 1.72. The molecule has 0 bridgehead atoms. The van der Waals surface area contributed by atoms with Crippen LogP contribution in [0.25, 0.3) is 0 Å². The molecule has 1 heteroatoms. The smallest absolute Gasteiger partial charge is 0.0377 e. The van der Waals surface area contributed by atoms with Crippen molar-refractivity contribution in [3.8, 4) is 0 Å². The summed E-state index contributed by atoms with van der Waals surface area (Å²) in [5, 5.41) is 3.51. The second-order valence-electron chi connectivity index (χ2n) is 4.78. The lowest BCUT2D eigenvalue weighted by molar-refractivity contribution is 0.313. The Morgan fingerprint density at radius 2 is 2.00 bits per heavy atom. The highest BCUT2D eigenvalue weighted by Gasteiger charge is 2.51. The quantitative estimate of drug-likeness (QED) is 0.712. The maximum atomic E-state index is 3.51. The summed E-state index contributed by atoms with van der Waals surface area (Å²) in [7, 11) is 2.10. The Balaban J connectivity index is 2.06. The Bertz CT molecular complexity index is 352. The fourth-order valence-corrected chi connectivity index (χ4v) is 3.06. The minimum absolute atomic E-state index is 0.618. The largest absolute Gasteiger partial charge is 0.313 e. The maximum Gasteiger partial charge on any atom is 0.0377 e. The van der Waals surface area contributed by atoms with Gasteiger partial charge >= 0.3 is 0 Å². The average Bonchev–Trinajstić information content (AvgIpc) is 2.99. The number of hydrogen-bond donors (Lipinski definition) is 1. The summed E-state index contributed by atoms with van der Waals surface area (Å²) in [5.74, 6) is 0. The summed E-state index contributed by atoms with van der Waals surface area (Å²) in [6.07, 6.45) is 5.52. The van der Waals surface area contributed by atoms with Gasteiger partial charge in [0.05, 0.1) is 0 Å². The highest BCUT2D eigenvalue weighted by Crippen LogP contribution is 2.60. The summed E-state index contributed by atoms with van der Waals surface area (Å²) in [6.45, 7) is 0. The highest BCUT2D eigenvalue weighted by atomic mass is 14.9. The number of hydrogen-bond acceptors (Lipinski definition) is 1. The van der Waals surface area contributed by atoms with Gasteiger partial charge < -0.3 is 5.32 Å². The predicted octanol–water partition coefficient (Wildman–Crippen LogP) is 2.67. The van der Waals surface area contributed by atoms with E-state index in [1.807, 2.05) is 0 Å². The van der Waals surface area contributed by atoms with Crippen molar-refractivity contribution >= 4 is 0 Å². The Labute approximate surface area is 85.5 Å². The molecule has 0 radical (unpaired) electrons. The van der Waals surface area contributed by atoms with E-state index in [9.17, 15) is 0 Å². The van der Waals surface area contributed by atoms with Gasteiger partial charge in [0.15, 0.2) is 0 Å². The molecule has 0 aliphatic heterocycles. The molecule has 0 aromatic heterocycles. The van der Waals surface area contributed by atoms with Gasteiger partial charge in [-0.2, -0.15) is 0 Å². The average molecular weight is 187 g/mol. The molecule has 1 aromatic carbocycles. The van der Waals surface area contributed by atoms with E-state index in [4.69, 9.17) is 0 Å². The number of benzene rings is 1. The molecular weight excluding hydrogens is 170 g/mol. The first kappa shape index (κ1) is 8.49. The molecular formula is C13H17N. The number of fused-ring (bicyclic) bond motifs is 1. The van der Waals surface area contributed by atoms with Gasteiger partial charge in [-0.05, 0) is 49.3 Å². The first-order valence-electron chi connectivity index (χ1n) is 5.61. The zero-order valence-corrected chi connectivity index (χ0v) is 8.72. The summed E-state index contributed by atoms with van der Waals surface area (Å²) < 4.78 is 0. The first-order chi connectivity index (χ1) is 6.86. The van der Waals surface area contributed by atoms with Gasteiger partial charge in [-0.3, -0.25) is 0 Å². The minimum Gasteiger partial charge on any atom is -0.313 e. The molecule has 1 nitrogen and oxygen atoms in total. The summed E-state index contributed by atoms with van der Waals surface area (Å²) in [6, 6.07) is 9.54. The standard InChI is InChI=1S/C13H17N/c1-14-12-11-5-3-2-4-10(11)6-7-13(12)8-9-13/h2-5,12,14H,6-9H2,1H3. The lowest BCUT2D eigenvalue weighted by Crippen LogP contribution is -2.31. The van der Waals surface area contributed by atoms with E-state index in [0.717, 1.165) is 0 Å². The van der Waals surface area contributed by atoms with Crippen LogP contribution in [0.4, 0.5) is 0 Å². The lowest BCUT2D eigenvalue weighted by atomic mass is 9.77. The van der Waals surface area contributed by atoms with Crippen molar-refractivity contribution in [1.82, 2.24) is 5.32 Å².